The zero-order valence-electron chi connectivity index (χ0n) is 6.81. The topological polar surface area (TPSA) is 47.3 Å². The maximum Gasteiger partial charge on any atom is 0.0549 e. The maximum atomic E-state index is 6.00. The summed E-state index contributed by atoms with van der Waals surface area (Å²) in [4.78, 5) is 0. The third kappa shape index (κ3) is 1.17. The molecule has 3 heteroatoms. The van der Waals surface area contributed by atoms with Crippen molar-refractivity contribution >= 4 is 0 Å². The second-order valence-electron chi connectivity index (χ2n) is 3.76. The first-order valence-corrected chi connectivity index (χ1v) is 4.38. The summed E-state index contributed by atoms with van der Waals surface area (Å²) in [5.74, 6) is 0. The zero-order chi connectivity index (χ0) is 7.73. The van der Waals surface area contributed by atoms with E-state index in [4.69, 9.17) is 10.5 Å². The lowest BCUT2D eigenvalue weighted by molar-refractivity contribution is -0.00421. The second-order valence-corrected chi connectivity index (χ2v) is 3.76. The molecule has 0 aliphatic carbocycles. The molecule has 0 aromatic carbocycles. The third-order valence-electron chi connectivity index (χ3n) is 2.98. The molecule has 3 N–H and O–H groups in total. The van der Waals surface area contributed by atoms with E-state index in [-0.39, 0.29) is 5.41 Å². The molecule has 11 heavy (non-hydrogen) atoms. The Hall–Kier alpha value is -0.120. The van der Waals surface area contributed by atoms with Crippen LogP contribution < -0.4 is 11.1 Å². The normalized spacial score (nSPS) is 45.0. The van der Waals surface area contributed by atoms with Gasteiger partial charge in [-0.25, -0.2) is 0 Å². The van der Waals surface area contributed by atoms with Gasteiger partial charge in [-0.3, -0.25) is 0 Å². The molecule has 0 amide bonds. The van der Waals surface area contributed by atoms with Gasteiger partial charge in [0.25, 0.3) is 0 Å². The minimum Gasteiger partial charge on any atom is -0.381 e. The summed E-state index contributed by atoms with van der Waals surface area (Å²) in [7, 11) is 0. The number of nitrogens with two attached hydrogens (primary N) is 1. The van der Waals surface area contributed by atoms with Crippen molar-refractivity contribution in [2.24, 2.45) is 11.1 Å². The van der Waals surface area contributed by atoms with Crippen molar-refractivity contribution in [3.05, 3.63) is 0 Å². The van der Waals surface area contributed by atoms with Crippen molar-refractivity contribution in [3.8, 4) is 0 Å². The van der Waals surface area contributed by atoms with Gasteiger partial charge in [-0.05, 0) is 12.8 Å². The molecule has 0 aromatic heterocycles. The highest BCUT2D eigenvalue weighted by molar-refractivity contribution is 4.98. The SMILES string of the molecule is NC1CNCC12CCCOC2. The number of hydrogen-bond donors (Lipinski definition) is 2. The van der Waals surface area contributed by atoms with Crippen LogP contribution in [0.15, 0.2) is 0 Å². The molecule has 2 heterocycles. The molecule has 2 unspecified atom stereocenters. The van der Waals surface area contributed by atoms with Crippen LogP contribution in [-0.4, -0.2) is 32.3 Å². The van der Waals surface area contributed by atoms with Gasteiger partial charge in [0.15, 0.2) is 0 Å². The largest absolute Gasteiger partial charge is 0.381 e. The van der Waals surface area contributed by atoms with Crippen molar-refractivity contribution in [2.45, 2.75) is 18.9 Å². The first kappa shape index (κ1) is 7.53. The first-order chi connectivity index (χ1) is 5.33. The van der Waals surface area contributed by atoms with E-state index in [1.54, 1.807) is 0 Å². The Morgan fingerprint density at radius 2 is 2.45 bits per heavy atom. The van der Waals surface area contributed by atoms with E-state index in [1.807, 2.05) is 0 Å². The zero-order valence-corrected chi connectivity index (χ0v) is 6.81. The average molecular weight is 156 g/mol. The minimum absolute atomic E-state index is 0.276. The van der Waals surface area contributed by atoms with Crippen LogP contribution in [0.25, 0.3) is 0 Å². The van der Waals surface area contributed by atoms with Gasteiger partial charge < -0.3 is 15.8 Å². The fraction of sp³-hybridized carbons (Fsp3) is 1.00. The van der Waals surface area contributed by atoms with Gasteiger partial charge in [0.1, 0.15) is 0 Å². The van der Waals surface area contributed by atoms with Gasteiger partial charge >= 0.3 is 0 Å². The molecule has 0 bridgehead atoms. The molecule has 2 aliphatic heterocycles. The Labute approximate surface area is 67.3 Å². The number of hydrogen-bond acceptors (Lipinski definition) is 3. The first-order valence-electron chi connectivity index (χ1n) is 4.38. The smallest absolute Gasteiger partial charge is 0.0549 e. The molecule has 2 atom stereocenters. The Morgan fingerprint density at radius 3 is 3.00 bits per heavy atom. The van der Waals surface area contributed by atoms with Crippen LogP contribution in [0.5, 0.6) is 0 Å². The molecule has 3 nitrogen and oxygen atoms in total. The molecule has 2 saturated heterocycles. The fourth-order valence-electron chi connectivity index (χ4n) is 2.13. The summed E-state index contributed by atoms with van der Waals surface area (Å²) in [5.41, 5.74) is 6.28. The van der Waals surface area contributed by atoms with E-state index >= 15 is 0 Å². The minimum atomic E-state index is 0.276. The molecule has 1 spiro atoms. The molecular formula is C8H16N2O. The molecular weight excluding hydrogens is 140 g/mol. The lowest BCUT2D eigenvalue weighted by atomic mass is 9.79. The van der Waals surface area contributed by atoms with Crippen LogP contribution in [-0.2, 0) is 4.74 Å². The number of ether oxygens (including phenoxy) is 1. The summed E-state index contributed by atoms with van der Waals surface area (Å²) in [6.07, 6.45) is 2.41. The van der Waals surface area contributed by atoms with E-state index < -0.39 is 0 Å². The van der Waals surface area contributed by atoms with Crippen molar-refractivity contribution < 1.29 is 4.74 Å². The average Bonchev–Trinajstić information content (AvgIpc) is 2.36. The maximum absolute atomic E-state index is 6.00. The van der Waals surface area contributed by atoms with E-state index in [9.17, 15) is 0 Å². The van der Waals surface area contributed by atoms with Gasteiger partial charge in [-0.15, -0.1) is 0 Å². The second kappa shape index (κ2) is 2.73. The Bertz CT molecular complexity index is 143. The number of nitrogens with one attached hydrogen (secondary N) is 1. The lowest BCUT2D eigenvalue weighted by Gasteiger charge is -2.35. The van der Waals surface area contributed by atoms with Crippen molar-refractivity contribution in [2.75, 3.05) is 26.3 Å². The van der Waals surface area contributed by atoms with E-state index in [0.717, 1.165) is 26.3 Å². The molecule has 2 rings (SSSR count). The van der Waals surface area contributed by atoms with Gasteiger partial charge in [-0.1, -0.05) is 0 Å². The molecule has 0 saturated carbocycles. The van der Waals surface area contributed by atoms with Crippen molar-refractivity contribution in [3.63, 3.8) is 0 Å². The predicted molar refractivity (Wildman–Crippen MR) is 43.3 cm³/mol. The highest BCUT2D eigenvalue weighted by atomic mass is 16.5. The molecule has 64 valence electrons. The monoisotopic (exact) mass is 156 g/mol. The Balaban J connectivity index is 2.06. The quantitative estimate of drug-likeness (QED) is 0.507. The van der Waals surface area contributed by atoms with Gasteiger partial charge in [0.2, 0.25) is 0 Å². The molecule has 2 fully saturated rings. The molecule has 0 radical (unpaired) electrons. The molecule has 0 aromatic rings. The lowest BCUT2D eigenvalue weighted by Crippen LogP contribution is -2.46. The highest BCUT2D eigenvalue weighted by Crippen LogP contribution is 2.33. The van der Waals surface area contributed by atoms with E-state index in [1.165, 1.54) is 12.8 Å². The Morgan fingerprint density at radius 1 is 1.55 bits per heavy atom. The Kier molecular flexibility index (Phi) is 1.87. The van der Waals surface area contributed by atoms with Crippen molar-refractivity contribution in [1.82, 2.24) is 5.32 Å². The summed E-state index contributed by atoms with van der Waals surface area (Å²) in [5, 5.41) is 3.33. The van der Waals surface area contributed by atoms with Crippen LogP contribution in [0.2, 0.25) is 0 Å². The van der Waals surface area contributed by atoms with E-state index in [0.29, 0.717) is 6.04 Å². The van der Waals surface area contributed by atoms with Gasteiger partial charge in [-0.2, -0.15) is 0 Å². The molecule has 2 aliphatic rings. The van der Waals surface area contributed by atoms with Crippen molar-refractivity contribution in [1.29, 1.82) is 0 Å². The summed E-state index contributed by atoms with van der Waals surface area (Å²) in [6, 6.07) is 0.308. The fourth-order valence-corrected chi connectivity index (χ4v) is 2.13. The summed E-state index contributed by atoms with van der Waals surface area (Å²) >= 11 is 0. The number of rotatable bonds is 0. The van der Waals surface area contributed by atoms with Crippen LogP contribution in [0.4, 0.5) is 0 Å². The van der Waals surface area contributed by atoms with E-state index in [2.05, 4.69) is 5.32 Å². The third-order valence-corrected chi connectivity index (χ3v) is 2.98. The summed E-state index contributed by atoms with van der Waals surface area (Å²) < 4.78 is 5.46. The van der Waals surface area contributed by atoms with Gasteiger partial charge in [0.05, 0.1) is 6.61 Å². The predicted octanol–water partition coefficient (Wildman–Crippen LogP) is -0.286. The highest BCUT2D eigenvalue weighted by Gasteiger charge is 2.42. The van der Waals surface area contributed by atoms with Crippen LogP contribution in [0.1, 0.15) is 12.8 Å². The summed E-state index contributed by atoms with van der Waals surface area (Å²) in [6.45, 7) is 3.80. The standard InChI is InChI=1S/C8H16N2O/c9-7-4-10-5-8(7)2-1-3-11-6-8/h7,10H,1-6,9H2. The van der Waals surface area contributed by atoms with Crippen LogP contribution in [0.3, 0.4) is 0 Å². The van der Waals surface area contributed by atoms with Gasteiger partial charge in [0, 0.05) is 31.2 Å². The van der Waals surface area contributed by atoms with Crippen LogP contribution >= 0.6 is 0 Å². The van der Waals surface area contributed by atoms with Crippen LogP contribution in [0, 0.1) is 5.41 Å².